The minimum absolute atomic E-state index is 0. The Bertz CT molecular complexity index is 770. The fourth-order valence-corrected chi connectivity index (χ4v) is 3.70. The average molecular weight is 402 g/mol. The number of halogens is 1. The summed E-state index contributed by atoms with van der Waals surface area (Å²) in [5.74, 6) is 0.0600. The van der Waals surface area contributed by atoms with Crippen LogP contribution in [-0.4, -0.2) is 41.9 Å². The van der Waals surface area contributed by atoms with Gasteiger partial charge in [0.2, 0.25) is 5.91 Å². The zero-order valence-electron chi connectivity index (χ0n) is 16.1. The van der Waals surface area contributed by atoms with E-state index in [1.807, 2.05) is 60.4 Å². The van der Waals surface area contributed by atoms with E-state index in [2.05, 4.69) is 5.32 Å². The molecular weight excluding hydrogens is 374 g/mol. The first-order valence-electron chi connectivity index (χ1n) is 9.49. The smallest absolute Gasteiger partial charge is 0.251 e. The van der Waals surface area contributed by atoms with E-state index >= 15 is 0 Å². The van der Waals surface area contributed by atoms with Crippen LogP contribution in [0.1, 0.15) is 29.3 Å². The fourth-order valence-electron chi connectivity index (χ4n) is 3.70. The van der Waals surface area contributed by atoms with Gasteiger partial charge < -0.3 is 16.0 Å². The third-order valence-electron chi connectivity index (χ3n) is 5.20. The Balaban J connectivity index is 0.00000280. The molecule has 0 aromatic heterocycles. The lowest BCUT2D eigenvalue weighted by molar-refractivity contribution is -0.133. The highest BCUT2D eigenvalue weighted by atomic mass is 35.5. The molecule has 0 spiro atoms. The Morgan fingerprint density at radius 3 is 2.29 bits per heavy atom. The van der Waals surface area contributed by atoms with Crippen LogP contribution in [0.3, 0.4) is 0 Å². The standard InChI is InChI=1S/C22H27N3O2.ClH/c1-16-12-18(14-23)15-25(16)22(27)20(13-17-8-4-2-5-9-17)24-21(26)19-10-6-3-7-11-19;/h2-11,16,18,20H,12-15,23H2,1H3,(H,24,26);1H. The first-order valence-corrected chi connectivity index (χ1v) is 9.49. The Labute approximate surface area is 172 Å². The van der Waals surface area contributed by atoms with Crippen molar-refractivity contribution >= 4 is 24.2 Å². The lowest BCUT2D eigenvalue weighted by atomic mass is 10.0. The van der Waals surface area contributed by atoms with Gasteiger partial charge in [0, 0.05) is 24.6 Å². The average Bonchev–Trinajstić information content (AvgIpc) is 3.09. The molecule has 3 unspecified atom stereocenters. The Morgan fingerprint density at radius 1 is 1.11 bits per heavy atom. The van der Waals surface area contributed by atoms with Crippen LogP contribution < -0.4 is 11.1 Å². The van der Waals surface area contributed by atoms with E-state index < -0.39 is 6.04 Å². The number of rotatable bonds is 6. The first kappa shape index (κ1) is 21.9. The number of hydrogen-bond acceptors (Lipinski definition) is 3. The molecule has 3 atom stereocenters. The van der Waals surface area contributed by atoms with Crippen molar-refractivity contribution in [3.05, 3.63) is 71.8 Å². The predicted octanol–water partition coefficient (Wildman–Crippen LogP) is 2.65. The lowest BCUT2D eigenvalue weighted by Gasteiger charge is -2.28. The summed E-state index contributed by atoms with van der Waals surface area (Å²) in [6.07, 6.45) is 1.38. The van der Waals surface area contributed by atoms with Crippen LogP contribution in [0, 0.1) is 5.92 Å². The van der Waals surface area contributed by atoms with Crippen LogP contribution in [-0.2, 0) is 11.2 Å². The van der Waals surface area contributed by atoms with Crippen molar-refractivity contribution in [3.8, 4) is 0 Å². The molecule has 0 aliphatic carbocycles. The monoisotopic (exact) mass is 401 g/mol. The summed E-state index contributed by atoms with van der Waals surface area (Å²) in [4.78, 5) is 27.8. The van der Waals surface area contributed by atoms with Crippen molar-refractivity contribution in [2.24, 2.45) is 11.7 Å². The third-order valence-corrected chi connectivity index (χ3v) is 5.20. The van der Waals surface area contributed by atoms with Gasteiger partial charge in [-0.05, 0) is 43.5 Å². The van der Waals surface area contributed by atoms with E-state index in [1.54, 1.807) is 12.1 Å². The van der Waals surface area contributed by atoms with Gasteiger partial charge in [0.25, 0.3) is 5.91 Å². The minimum Gasteiger partial charge on any atom is -0.340 e. The van der Waals surface area contributed by atoms with Crippen molar-refractivity contribution in [2.45, 2.75) is 31.8 Å². The van der Waals surface area contributed by atoms with Crippen molar-refractivity contribution in [1.82, 2.24) is 10.2 Å². The lowest BCUT2D eigenvalue weighted by Crippen LogP contribution is -2.50. The van der Waals surface area contributed by atoms with E-state index in [-0.39, 0.29) is 30.3 Å². The van der Waals surface area contributed by atoms with Gasteiger partial charge >= 0.3 is 0 Å². The molecule has 150 valence electrons. The van der Waals surface area contributed by atoms with Gasteiger partial charge in [-0.3, -0.25) is 9.59 Å². The summed E-state index contributed by atoms with van der Waals surface area (Å²) in [7, 11) is 0. The molecule has 1 saturated heterocycles. The second-order valence-corrected chi connectivity index (χ2v) is 7.26. The topological polar surface area (TPSA) is 75.4 Å². The van der Waals surface area contributed by atoms with Gasteiger partial charge in [-0.15, -0.1) is 12.4 Å². The van der Waals surface area contributed by atoms with Crippen molar-refractivity contribution in [2.75, 3.05) is 13.1 Å². The van der Waals surface area contributed by atoms with Crippen LogP contribution in [0.25, 0.3) is 0 Å². The molecule has 2 aromatic carbocycles. The number of likely N-dealkylation sites (tertiary alicyclic amines) is 1. The van der Waals surface area contributed by atoms with Crippen LogP contribution in [0.4, 0.5) is 0 Å². The van der Waals surface area contributed by atoms with Gasteiger partial charge in [-0.1, -0.05) is 48.5 Å². The summed E-state index contributed by atoms with van der Waals surface area (Å²) < 4.78 is 0. The summed E-state index contributed by atoms with van der Waals surface area (Å²) >= 11 is 0. The molecule has 2 amide bonds. The Kier molecular flexibility index (Phi) is 8.03. The minimum atomic E-state index is -0.598. The summed E-state index contributed by atoms with van der Waals surface area (Å²) in [5.41, 5.74) is 7.38. The molecule has 0 bridgehead atoms. The van der Waals surface area contributed by atoms with Crippen molar-refractivity contribution in [3.63, 3.8) is 0 Å². The van der Waals surface area contributed by atoms with Gasteiger partial charge in [-0.2, -0.15) is 0 Å². The number of carbonyl (C=O) groups excluding carboxylic acids is 2. The zero-order chi connectivity index (χ0) is 19.2. The van der Waals surface area contributed by atoms with Gasteiger partial charge in [0.1, 0.15) is 6.04 Å². The predicted molar refractivity (Wildman–Crippen MR) is 113 cm³/mol. The van der Waals surface area contributed by atoms with Crippen LogP contribution in [0.5, 0.6) is 0 Å². The van der Waals surface area contributed by atoms with E-state index in [9.17, 15) is 9.59 Å². The zero-order valence-corrected chi connectivity index (χ0v) is 16.9. The maximum atomic E-state index is 13.3. The molecule has 1 aliphatic heterocycles. The molecule has 1 fully saturated rings. The molecule has 28 heavy (non-hydrogen) atoms. The van der Waals surface area contributed by atoms with E-state index in [1.165, 1.54) is 0 Å². The molecule has 5 nitrogen and oxygen atoms in total. The van der Waals surface area contributed by atoms with E-state index in [4.69, 9.17) is 5.73 Å². The summed E-state index contributed by atoms with van der Waals surface area (Å²) in [6, 6.07) is 18.3. The largest absolute Gasteiger partial charge is 0.340 e. The highest BCUT2D eigenvalue weighted by Crippen LogP contribution is 2.23. The normalized spacial score (nSPS) is 19.6. The van der Waals surface area contributed by atoms with Crippen LogP contribution in [0.15, 0.2) is 60.7 Å². The number of hydrogen-bond donors (Lipinski definition) is 2. The Hall–Kier alpha value is -2.37. The number of nitrogens with zero attached hydrogens (tertiary/aromatic N) is 1. The SMILES string of the molecule is CC1CC(CN)CN1C(=O)C(Cc1ccccc1)NC(=O)c1ccccc1.Cl. The maximum absolute atomic E-state index is 13.3. The highest BCUT2D eigenvalue weighted by Gasteiger charge is 2.35. The van der Waals surface area contributed by atoms with Crippen LogP contribution in [0.2, 0.25) is 0 Å². The fraction of sp³-hybridized carbons (Fsp3) is 0.364. The molecule has 2 aromatic rings. The molecule has 0 saturated carbocycles. The third kappa shape index (κ3) is 5.33. The molecule has 3 N–H and O–H groups in total. The molecular formula is C22H28ClN3O2. The quantitative estimate of drug-likeness (QED) is 0.781. The second kappa shape index (κ2) is 10.2. The first-order chi connectivity index (χ1) is 13.1. The molecule has 3 rings (SSSR count). The van der Waals surface area contributed by atoms with Gasteiger partial charge in [-0.25, -0.2) is 0 Å². The van der Waals surface area contributed by atoms with Crippen LogP contribution >= 0.6 is 12.4 Å². The summed E-state index contributed by atoms with van der Waals surface area (Å²) in [6.45, 7) is 3.28. The maximum Gasteiger partial charge on any atom is 0.251 e. The molecule has 1 heterocycles. The number of nitrogens with two attached hydrogens (primary N) is 1. The molecule has 1 aliphatic rings. The van der Waals surface area contributed by atoms with Crippen molar-refractivity contribution < 1.29 is 9.59 Å². The number of benzene rings is 2. The summed E-state index contributed by atoms with van der Waals surface area (Å²) in [5, 5.41) is 2.95. The van der Waals surface area contributed by atoms with Gasteiger partial charge in [0.05, 0.1) is 0 Å². The number of amides is 2. The van der Waals surface area contributed by atoms with Crippen molar-refractivity contribution in [1.29, 1.82) is 0 Å². The van der Waals surface area contributed by atoms with E-state index in [0.717, 1.165) is 12.0 Å². The second-order valence-electron chi connectivity index (χ2n) is 7.26. The van der Waals surface area contributed by atoms with E-state index in [0.29, 0.717) is 31.0 Å². The highest BCUT2D eigenvalue weighted by molar-refractivity contribution is 5.97. The Morgan fingerprint density at radius 2 is 1.71 bits per heavy atom. The number of carbonyl (C=O) groups is 2. The molecule has 6 heteroatoms. The number of nitrogens with one attached hydrogen (secondary N) is 1. The van der Waals surface area contributed by atoms with Gasteiger partial charge in [0.15, 0.2) is 0 Å². The molecule has 0 radical (unpaired) electrons.